The lowest BCUT2D eigenvalue weighted by Gasteiger charge is -2.22. The van der Waals surface area contributed by atoms with Gasteiger partial charge in [-0.3, -0.25) is 14.3 Å². The molecule has 0 radical (unpaired) electrons. The Morgan fingerprint density at radius 2 is 1.96 bits per heavy atom. The largest absolute Gasteiger partial charge is 0.389 e. The van der Waals surface area contributed by atoms with Crippen LogP contribution in [0.1, 0.15) is 23.4 Å². The van der Waals surface area contributed by atoms with E-state index < -0.39 is 6.10 Å². The molecule has 27 heavy (non-hydrogen) atoms. The quantitative estimate of drug-likeness (QED) is 0.856. The Morgan fingerprint density at radius 1 is 1.22 bits per heavy atom. The molecule has 0 spiro atoms. The van der Waals surface area contributed by atoms with Crippen molar-refractivity contribution in [2.45, 2.75) is 39.5 Å². The van der Waals surface area contributed by atoms with Crippen LogP contribution in [0.4, 0.5) is 0 Å². The Bertz CT molecular complexity index is 803. The molecule has 1 aromatic heterocycles. The van der Waals surface area contributed by atoms with Gasteiger partial charge in [-0.1, -0.05) is 30.3 Å². The van der Waals surface area contributed by atoms with Crippen molar-refractivity contribution in [3.05, 3.63) is 53.3 Å². The van der Waals surface area contributed by atoms with E-state index in [0.717, 1.165) is 17.0 Å². The van der Waals surface area contributed by atoms with Gasteiger partial charge < -0.3 is 14.9 Å². The van der Waals surface area contributed by atoms with Crippen molar-refractivity contribution in [3.63, 3.8) is 0 Å². The van der Waals surface area contributed by atoms with E-state index in [0.29, 0.717) is 13.1 Å². The normalized spacial score (nSPS) is 17.9. The van der Waals surface area contributed by atoms with Crippen molar-refractivity contribution in [1.29, 1.82) is 0 Å². The number of hydrogen-bond donors (Lipinski definition) is 1. The number of amides is 2. The molecule has 1 aromatic carbocycles. The molecule has 0 aliphatic carbocycles. The van der Waals surface area contributed by atoms with Gasteiger partial charge in [-0.25, -0.2) is 0 Å². The van der Waals surface area contributed by atoms with Gasteiger partial charge in [-0.2, -0.15) is 5.10 Å². The fraction of sp³-hybridized carbons (Fsp3) is 0.450. The molecule has 144 valence electrons. The van der Waals surface area contributed by atoms with Crippen LogP contribution in [0.25, 0.3) is 0 Å². The van der Waals surface area contributed by atoms with Crippen molar-refractivity contribution < 1.29 is 14.7 Å². The summed E-state index contributed by atoms with van der Waals surface area (Å²) in [5.41, 5.74) is 2.92. The predicted molar refractivity (Wildman–Crippen MR) is 101 cm³/mol. The Labute approximate surface area is 159 Å². The SMILES string of the molecule is Cc1cc(C)n(CCC(=O)N2CC(=O)N(Cc3ccccc3)CC(O)C2)n1. The van der Waals surface area contributed by atoms with Crippen LogP contribution in [-0.2, 0) is 22.7 Å². The van der Waals surface area contributed by atoms with Gasteiger partial charge in [-0.05, 0) is 25.5 Å². The van der Waals surface area contributed by atoms with Crippen LogP contribution in [0.3, 0.4) is 0 Å². The first-order valence-corrected chi connectivity index (χ1v) is 9.21. The molecular formula is C20H26N4O3. The molecule has 1 aliphatic heterocycles. The van der Waals surface area contributed by atoms with E-state index in [1.165, 1.54) is 4.90 Å². The first-order valence-electron chi connectivity index (χ1n) is 9.21. The van der Waals surface area contributed by atoms with E-state index >= 15 is 0 Å². The van der Waals surface area contributed by atoms with E-state index in [-0.39, 0.29) is 37.9 Å². The molecule has 1 aliphatic rings. The van der Waals surface area contributed by atoms with Crippen molar-refractivity contribution in [2.24, 2.45) is 0 Å². The van der Waals surface area contributed by atoms with Gasteiger partial charge >= 0.3 is 0 Å². The molecule has 1 N–H and O–H groups in total. The summed E-state index contributed by atoms with van der Waals surface area (Å²) < 4.78 is 1.80. The minimum atomic E-state index is -0.752. The highest BCUT2D eigenvalue weighted by atomic mass is 16.3. The highest BCUT2D eigenvalue weighted by Gasteiger charge is 2.29. The zero-order valence-electron chi connectivity index (χ0n) is 15.8. The van der Waals surface area contributed by atoms with Crippen molar-refractivity contribution in [1.82, 2.24) is 19.6 Å². The number of β-amino-alcohol motifs (C(OH)–C–C–N with tert-alkyl or cyclic N) is 1. The molecule has 1 fully saturated rings. The van der Waals surface area contributed by atoms with Crippen molar-refractivity contribution >= 4 is 11.8 Å². The number of carbonyl (C=O) groups is 2. The van der Waals surface area contributed by atoms with Crippen LogP contribution in [0.15, 0.2) is 36.4 Å². The monoisotopic (exact) mass is 370 g/mol. The average molecular weight is 370 g/mol. The molecule has 1 atom stereocenters. The first-order chi connectivity index (χ1) is 12.9. The van der Waals surface area contributed by atoms with E-state index in [1.807, 2.05) is 50.2 Å². The summed E-state index contributed by atoms with van der Waals surface area (Å²) in [6.45, 7) is 5.17. The summed E-state index contributed by atoms with van der Waals surface area (Å²) in [7, 11) is 0. The maximum absolute atomic E-state index is 12.6. The summed E-state index contributed by atoms with van der Waals surface area (Å²) in [5.74, 6) is -0.286. The van der Waals surface area contributed by atoms with E-state index in [2.05, 4.69) is 5.10 Å². The average Bonchev–Trinajstić information content (AvgIpc) is 2.88. The molecule has 7 heteroatoms. The predicted octanol–water partition coefficient (Wildman–Crippen LogP) is 1.12. The minimum absolute atomic E-state index is 0.000155. The Kier molecular flexibility index (Phi) is 5.91. The van der Waals surface area contributed by atoms with E-state index in [9.17, 15) is 14.7 Å². The standard InChI is InChI=1S/C20H26N4O3/c1-15-10-16(2)24(21-15)9-8-19(26)23-13-18(25)12-22(20(27)14-23)11-17-6-4-3-5-7-17/h3-7,10,18,25H,8-9,11-14H2,1-2H3. The van der Waals surface area contributed by atoms with Crippen molar-refractivity contribution in [2.75, 3.05) is 19.6 Å². The number of aliphatic hydroxyl groups excluding tert-OH is 1. The van der Waals surface area contributed by atoms with Crippen LogP contribution in [0.5, 0.6) is 0 Å². The zero-order chi connectivity index (χ0) is 19.4. The molecule has 7 nitrogen and oxygen atoms in total. The zero-order valence-corrected chi connectivity index (χ0v) is 15.8. The number of aliphatic hydroxyl groups is 1. The lowest BCUT2D eigenvalue weighted by molar-refractivity contribution is -0.139. The Balaban J connectivity index is 1.61. The lowest BCUT2D eigenvalue weighted by Crippen LogP contribution is -2.39. The van der Waals surface area contributed by atoms with Gasteiger partial charge in [0, 0.05) is 38.3 Å². The topological polar surface area (TPSA) is 78.7 Å². The third-order valence-electron chi connectivity index (χ3n) is 4.75. The van der Waals surface area contributed by atoms with Gasteiger partial charge in [0.1, 0.15) is 0 Å². The molecule has 3 rings (SSSR count). The second-order valence-corrected chi connectivity index (χ2v) is 7.09. The minimum Gasteiger partial charge on any atom is -0.389 e. The number of rotatable bonds is 5. The third-order valence-corrected chi connectivity index (χ3v) is 4.75. The van der Waals surface area contributed by atoms with Gasteiger partial charge in [0.2, 0.25) is 11.8 Å². The molecule has 1 unspecified atom stereocenters. The first kappa shape index (κ1) is 19.1. The number of nitrogens with zero attached hydrogens (tertiary/aromatic N) is 4. The van der Waals surface area contributed by atoms with Gasteiger partial charge in [0.15, 0.2) is 0 Å². The van der Waals surface area contributed by atoms with Gasteiger partial charge in [0.05, 0.1) is 18.3 Å². The fourth-order valence-electron chi connectivity index (χ4n) is 3.40. The van der Waals surface area contributed by atoms with Gasteiger partial charge in [-0.15, -0.1) is 0 Å². The van der Waals surface area contributed by atoms with Gasteiger partial charge in [0.25, 0.3) is 0 Å². The number of hydrogen-bond acceptors (Lipinski definition) is 4. The summed E-state index contributed by atoms with van der Waals surface area (Å²) in [6, 6.07) is 11.6. The lowest BCUT2D eigenvalue weighted by atomic mass is 10.2. The number of carbonyl (C=O) groups excluding carboxylic acids is 2. The summed E-state index contributed by atoms with van der Waals surface area (Å²) in [5, 5.41) is 14.7. The molecule has 1 saturated heterocycles. The van der Waals surface area contributed by atoms with Crippen LogP contribution in [0, 0.1) is 13.8 Å². The van der Waals surface area contributed by atoms with Crippen LogP contribution < -0.4 is 0 Å². The molecule has 2 aromatic rings. The summed E-state index contributed by atoms with van der Waals surface area (Å²) >= 11 is 0. The Morgan fingerprint density at radius 3 is 2.63 bits per heavy atom. The summed E-state index contributed by atoms with van der Waals surface area (Å²) in [6.07, 6.45) is -0.501. The van der Waals surface area contributed by atoms with E-state index in [4.69, 9.17) is 0 Å². The summed E-state index contributed by atoms with van der Waals surface area (Å²) in [4.78, 5) is 28.3. The molecule has 0 bridgehead atoms. The third kappa shape index (κ3) is 4.95. The Hall–Kier alpha value is -2.67. The second-order valence-electron chi connectivity index (χ2n) is 7.09. The number of aromatic nitrogens is 2. The van der Waals surface area contributed by atoms with Crippen LogP contribution in [-0.4, -0.2) is 62.2 Å². The van der Waals surface area contributed by atoms with Crippen LogP contribution >= 0.6 is 0 Å². The fourth-order valence-corrected chi connectivity index (χ4v) is 3.40. The maximum atomic E-state index is 12.6. The molecule has 2 amide bonds. The highest BCUT2D eigenvalue weighted by molar-refractivity contribution is 5.85. The number of benzene rings is 1. The maximum Gasteiger partial charge on any atom is 0.242 e. The second kappa shape index (κ2) is 8.35. The highest BCUT2D eigenvalue weighted by Crippen LogP contribution is 2.12. The smallest absolute Gasteiger partial charge is 0.242 e. The van der Waals surface area contributed by atoms with E-state index in [1.54, 1.807) is 9.58 Å². The number of aryl methyl sites for hydroxylation is 3. The molecular weight excluding hydrogens is 344 g/mol. The van der Waals surface area contributed by atoms with Crippen molar-refractivity contribution in [3.8, 4) is 0 Å². The molecule has 2 heterocycles. The molecule has 0 saturated carbocycles. The van der Waals surface area contributed by atoms with Crippen LogP contribution in [0.2, 0.25) is 0 Å².